The highest BCUT2D eigenvalue weighted by molar-refractivity contribution is 5.22. The standard InChI is InChI=1S/C16H27N3/c1-18-10-3-11-19(13-12-18)14-16-7-5-15(6-8-16)4-2-9-17/h5-8H,2-4,9-14,17H2,1H3. The Hall–Kier alpha value is -0.900. The maximum absolute atomic E-state index is 5.55. The number of benzene rings is 1. The molecule has 3 nitrogen and oxygen atoms in total. The Morgan fingerprint density at radius 1 is 1.00 bits per heavy atom. The number of nitrogens with zero attached hydrogens (tertiary/aromatic N) is 2. The summed E-state index contributed by atoms with van der Waals surface area (Å²) in [6, 6.07) is 9.07. The molecule has 19 heavy (non-hydrogen) atoms. The van der Waals surface area contributed by atoms with E-state index < -0.39 is 0 Å². The number of nitrogens with two attached hydrogens (primary N) is 1. The van der Waals surface area contributed by atoms with Crippen LogP contribution in [0.4, 0.5) is 0 Å². The first kappa shape index (κ1) is 14.5. The summed E-state index contributed by atoms with van der Waals surface area (Å²) >= 11 is 0. The lowest BCUT2D eigenvalue weighted by atomic mass is 10.1. The van der Waals surface area contributed by atoms with Gasteiger partial charge in [0.25, 0.3) is 0 Å². The predicted octanol–water partition coefficient (Wildman–Crippen LogP) is 1.72. The first-order valence-corrected chi connectivity index (χ1v) is 7.47. The van der Waals surface area contributed by atoms with E-state index >= 15 is 0 Å². The Bertz CT molecular complexity index is 361. The van der Waals surface area contributed by atoms with Crippen molar-refractivity contribution in [3.8, 4) is 0 Å². The van der Waals surface area contributed by atoms with Crippen LogP contribution in [0.15, 0.2) is 24.3 Å². The van der Waals surface area contributed by atoms with Gasteiger partial charge in [-0.05, 0) is 57.1 Å². The maximum atomic E-state index is 5.55. The summed E-state index contributed by atoms with van der Waals surface area (Å²) < 4.78 is 0. The number of hydrogen-bond acceptors (Lipinski definition) is 3. The van der Waals surface area contributed by atoms with Crippen LogP contribution >= 0.6 is 0 Å². The monoisotopic (exact) mass is 261 g/mol. The Morgan fingerprint density at radius 3 is 2.47 bits per heavy atom. The number of rotatable bonds is 5. The lowest BCUT2D eigenvalue weighted by molar-refractivity contribution is 0.269. The molecule has 1 aromatic carbocycles. The summed E-state index contributed by atoms with van der Waals surface area (Å²) in [4.78, 5) is 4.99. The van der Waals surface area contributed by atoms with Gasteiger partial charge in [-0.25, -0.2) is 0 Å². The van der Waals surface area contributed by atoms with E-state index in [0.29, 0.717) is 0 Å². The summed E-state index contributed by atoms with van der Waals surface area (Å²) in [7, 11) is 2.22. The Balaban J connectivity index is 1.84. The quantitative estimate of drug-likeness (QED) is 0.876. The molecule has 0 spiro atoms. The molecule has 1 saturated heterocycles. The SMILES string of the molecule is CN1CCCN(Cc2ccc(CCCN)cc2)CC1. The van der Waals surface area contributed by atoms with Gasteiger partial charge in [-0.3, -0.25) is 4.90 Å². The molecule has 2 N–H and O–H groups in total. The number of hydrogen-bond donors (Lipinski definition) is 1. The molecular formula is C16H27N3. The molecule has 0 saturated carbocycles. The topological polar surface area (TPSA) is 32.5 Å². The van der Waals surface area contributed by atoms with Crippen molar-refractivity contribution in [2.45, 2.75) is 25.8 Å². The van der Waals surface area contributed by atoms with Gasteiger partial charge < -0.3 is 10.6 Å². The predicted molar refractivity (Wildman–Crippen MR) is 81.2 cm³/mol. The number of likely N-dealkylation sites (N-methyl/N-ethyl adjacent to an activating group) is 1. The minimum absolute atomic E-state index is 0.781. The van der Waals surface area contributed by atoms with Crippen molar-refractivity contribution in [2.24, 2.45) is 5.73 Å². The Labute approximate surface area is 117 Å². The van der Waals surface area contributed by atoms with Crippen LogP contribution in [-0.4, -0.2) is 49.6 Å². The van der Waals surface area contributed by atoms with Crippen LogP contribution in [-0.2, 0) is 13.0 Å². The van der Waals surface area contributed by atoms with Crippen molar-refractivity contribution in [3.63, 3.8) is 0 Å². The van der Waals surface area contributed by atoms with Gasteiger partial charge in [0.2, 0.25) is 0 Å². The van der Waals surface area contributed by atoms with E-state index in [-0.39, 0.29) is 0 Å². The molecule has 1 aromatic rings. The fraction of sp³-hybridized carbons (Fsp3) is 0.625. The van der Waals surface area contributed by atoms with E-state index in [2.05, 4.69) is 41.1 Å². The Kier molecular flexibility index (Phi) is 5.83. The molecule has 0 atom stereocenters. The maximum Gasteiger partial charge on any atom is 0.0234 e. The van der Waals surface area contributed by atoms with Crippen molar-refractivity contribution in [3.05, 3.63) is 35.4 Å². The average Bonchev–Trinajstić information content (AvgIpc) is 2.63. The van der Waals surface area contributed by atoms with Gasteiger partial charge in [-0.15, -0.1) is 0 Å². The molecule has 0 aliphatic carbocycles. The summed E-state index contributed by atoms with van der Waals surface area (Å²) in [5, 5.41) is 0. The largest absolute Gasteiger partial charge is 0.330 e. The molecule has 2 rings (SSSR count). The minimum atomic E-state index is 0.781. The zero-order valence-electron chi connectivity index (χ0n) is 12.1. The second-order valence-electron chi connectivity index (χ2n) is 5.64. The van der Waals surface area contributed by atoms with Crippen LogP contribution in [0.25, 0.3) is 0 Å². The molecule has 3 heteroatoms. The fourth-order valence-electron chi connectivity index (χ4n) is 2.63. The molecule has 1 heterocycles. The third kappa shape index (κ3) is 4.94. The molecule has 106 valence electrons. The second kappa shape index (κ2) is 7.63. The summed E-state index contributed by atoms with van der Waals surface area (Å²) in [5.41, 5.74) is 8.38. The van der Waals surface area contributed by atoms with Crippen LogP contribution in [0.5, 0.6) is 0 Å². The fourth-order valence-corrected chi connectivity index (χ4v) is 2.63. The average molecular weight is 261 g/mol. The highest BCUT2D eigenvalue weighted by Gasteiger charge is 2.11. The molecule has 0 amide bonds. The van der Waals surface area contributed by atoms with Crippen LogP contribution in [0.1, 0.15) is 24.0 Å². The van der Waals surface area contributed by atoms with Crippen molar-refractivity contribution in [1.29, 1.82) is 0 Å². The molecular weight excluding hydrogens is 234 g/mol. The highest BCUT2D eigenvalue weighted by atomic mass is 15.2. The van der Waals surface area contributed by atoms with Gasteiger partial charge in [-0.2, -0.15) is 0 Å². The van der Waals surface area contributed by atoms with Gasteiger partial charge in [0.15, 0.2) is 0 Å². The lowest BCUT2D eigenvalue weighted by Gasteiger charge is -2.20. The summed E-state index contributed by atoms with van der Waals surface area (Å²) in [6.45, 7) is 6.70. The van der Waals surface area contributed by atoms with Crippen LogP contribution < -0.4 is 5.73 Å². The summed E-state index contributed by atoms with van der Waals surface area (Å²) in [6.07, 6.45) is 3.47. The number of aryl methyl sites for hydroxylation is 1. The van der Waals surface area contributed by atoms with E-state index in [4.69, 9.17) is 5.73 Å². The third-order valence-corrected chi connectivity index (χ3v) is 3.91. The first-order valence-electron chi connectivity index (χ1n) is 7.47. The van der Waals surface area contributed by atoms with E-state index in [0.717, 1.165) is 25.9 Å². The third-order valence-electron chi connectivity index (χ3n) is 3.91. The zero-order chi connectivity index (χ0) is 13.5. The van der Waals surface area contributed by atoms with Gasteiger partial charge in [-0.1, -0.05) is 24.3 Å². The van der Waals surface area contributed by atoms with Crippen molar-refractivity contribution in [2.75, 3.05) is 39.8 Å². The van der Waals surface area contributed by atoms with Crippen LogP contribution in [0.2, 0.25) is 0 Å². The van der Waals surface area contributed by atoms with Crippen LogP contribution in [0.3, 0.4) is 0 Å². The van der Waals surface area contributed by atoms with E-state index in [1.165, 1.54) is 43.7 Å². The van der Waals surface area contributed by atoms with E-state index in [9.17, 15) is 0 Å². The molecule has 1 aliphatic heterocycles. The van der Waals surface area contributed by atoms with Crippen LogP contribution in [0, 0.1) is 0 Å². The molecule has 0 unspecified atom stereocenters. The Morgan fingerprint density at radius 2 is 1.74 bits per heavy atom. The van der Waals surface area contributed by atoms with Crippen molar-refractivity contribution < 1.29 is 0 Å². The second-order valence-corrected chi connectivity index (χ2v) is 5.64. The molecule has 1 fully saturated rings. The smallest absolute Gasteiger partial charge is 0.0234 e. The normalized spacial score (nSPS) is 18.4. The first-order chi connectivity index (χ1) is 9.28. The molecule has 0 bridgehead atoms. The molecule has 1 aliphatic rings. The van der Waals surface area contributed by atoms with Gasteiger partial charge in [0.05, 0.1) is 0 Å². The highest BCUT2D eigenvalue weighted by Crippen LogP contribution is 2.11. The van der Waals surface area contributed by atoms with Gasteiger partial charge in [0.1, 0.15) is 0 Å². The molecule has 0 aromatic heterocycles. The van der Waals surface area contributed by atoms with E-state index in [1.807, 2.05) is 0 Å². The lowest BCUT2D eigenvalue weighted by Crippen LogP contribution is -2.28. The van der Waals surface area contributed by atoms with Crippen molar-refractivity contribution in [1.82, 2.24) is 9.80 Å². The van der Waals surface area contributed by atoms with E-state index in [1.54, 1.807) is 0 Å². The molecule has 0 radical (unpaired) electrons. The van der Waals surface area contributed by atoms with Gasteiger partial charge >= 0.3 is 0 Å². The van der Waals surface area contributed by atoms with Gasteiger partial charge in [0, 0.05) is 19.6 Å². The van der Waals surface area contributed by atoms with Crippen molar-refractivity contribution >= 4 is 0 Å². The minimum Gasteiger partial charge on any atom is -0.330 e. The zero-order valence-corrected chi connectivity index (χ0v) is 12.1. The summed E-state index contributed by atoms with van der Waals surface area (Å²) in [5.74, 6) is 0.